The molecule has 90 valence electrons. The van der Waals surface area contributed by atoms with Crippen LogP contribution in [-0.2, 0) is 11.2 Å². The predicted octanol–water partition coefficient (Wildman–Crippen LogP) is 1.13. The summed E-state index contributed by atoms with van der Waals surface area (Å²) in [4.78, 5) is 30.8. The Balaban J connectivity index is 3.17. The molecule has 0 fully saturated rings. The van der Waals surface area contributed by atoms with Crippen molar-refractivity contribution in [2.75, 3.05) is 0 Å². The molecule has 0 radical (unpaired) electrons. The number of carbonyl (C=O) groups excluding carboxylic acids is 1. The van der Waals surface area contributed by atoms with E-state index in [1.54, 1.807) is 0 Å². The van der Waals surface area contributed by atoms with Crippen molar-refractivity contribution in [3.8, 4) is 5.75 Å². The number of rotatable bonds is 5. The minimum absolute atomic E-state index is 0.0729. The number of carbonyl (C=O) groups is 2. The highest BCUT2D eigenvalue weighted by Crippen LogP contribution is 2.28. The van der Waals surface area contributed by atoms with E-state index in [4.69, 9.17) is 5.11 Å². The van der Waals surface area contributed by atoms with Crippen molar-refractivity contribution in [1.29, 1.82) is 0 Å². The molecule has 0 unspecified atom stereocenters. The average molecular weight is 239 g/mol. The van der Waals surface area contributed by atoms with Gasteiger partial charge in [-0.05, 0) is 6.42 Å². The maximum absolute atomic E-state index is 10.6. The number of non-ortho nitro benzene ring substituents is 1. The summed E-state index contributed by atoms with van der Waals surface area (Å²) in [6.07, 6.45) is -0.0800. The second-order valence-corrected chi connectivity index (χ2v) is 3.31. The first-order chi connectivity index (χ1) is 7.95. The Labute approximate surface area is 95.5 Å². The van der Waals surface area contributed by atoms with Crippen molar-refractivity contribution in [2.24, 2.45) is 0 Å². The molecule has 1 rings (SSSR count). The van der Waals surface area contributed by atoms with Crippen LogP contribution in [0.4, 0.5) is 5.69 Å². The minimum Gasteiger partial charge on any atom is -0.507 e. The van der Waals surface area contributed by atoms with Crippen LogP contribution in [0.15, 0.2) is 12.1 Å². The Morgan fingerprint density at radius 2 is 2.12 bits per heavy atom. The van der Waals surface area contributed by atoms with Gasteiger partial charge in [0.1, 0.15) is 5.75 Å². The topological polar surface area (TPSA) is 118 Å². The summed E-state index contributed by atoms with van der Waals surface area (Å²) < 4.78 is 0. The molecule has 0 aliphatic rings. The summed E-state index contributed by atoms with van der Waals surface area (Å²) in [6.45, 7) is 0. The van der Waals surface area contributed by atoms with Crippen molar-refractivity contribution in [1.82, 2.24) is 0 Å². The standard InChI is InChI=1S/C10H9NO6/c12-5-7-4-8(11(16)17)3-6(10(7)15)1-2-9(13)14/h3-5,15H,1-2H2,(H,13,14). The lowest BCUT2D eigenvalue weighted by atomic mass is 10.0. The second kappa shape index (κ2) is 5.06. The minimum atomic E-state index is -1.09. The lowest BCUT2D eigenvalue weighted by molar-refractivity contribution is -0.385. The number of carboxylic acids is 1. The Morgan fingerprint density at radius 1 is 1.47 bits per heavy atom. The van der Waals surface area contributed by atoms with Gasteiger partial charge < -0.3 is 10.2 Å². The van der Waals surface area contributed by atoms with E-state index in [1.807, 2.05) is 0 Å². The fraction of sp³-hybridized carbons (Fsp3) is 0.200. The van der Waals surface area contributed by atoms with Gasteiger partial charge in [0.05, 0.1) is 10.5 Å². The number of phenolic OH excluding ortho intramolecular Hbond substituents is 1. The van der Waals surface area contributed by atoms with Gasteiger partial charge in [-0.1, -0.05) is 0 Å². The van der Waals surface area contributed by atoms with E-state index in [9.17, 15) is 24.8 Å². The Morgan fingerprint density at radius 3 is 2.59 bits per heavy atom. The van der Waals surface area contributed by atoms with E-state index >= 15 is 0 Å². The predicted molar refractivity (Wildman–Crippen MR) is 56.1 cm³/mol. The van der Waals surface area contributed by atoms with Gasteiger partial charge >= 0.3 is 5.97 Å². The first-order valence-electron chi connectivity index (χ1n) is 4.63. The largest absolute Gasteiger partial charge is 0.507 e. The Bertz CT molecular complexity index is 482. The molecule has 2 N–H and O–H groups in total. The highest BCUT2D eigenvalue weighted by molar-refractivity contribution is 5.81. The molecule has 0 saturated heterocycles. The highest BCUT2D eigenvalue weighted by Gasteiger charge is 2.16. The molecule has 0 amide bonds. The summed E-state index contributed by atoms with van der Waals surface area (Å²) in [5.74, 6) is -1.50. The zero-order valence-electron chi connectivity index (χ0n) is 8.62. The van der Waals surface area contributed by atoms with Crippen molar-refractivity contribution in [3.05, 3.63) is 33.4 Å². The molecule has 0 bridgehead atoms. The third-order valence-electron chi connectivity index (χ3n) is 2.15. The normalized spacial score (nSPS) is 9.88. The monoisotopic (exact) mass is 239 g/mol. The van der Waals surface area contributed by atoms with Crippen LogP contribution in [0.1, 0.15) is 22.3 Å². The van der Waals surface area contributed by atoms with Gasteiger partial charge in [0, 0.05) is 24.1 Å². The van der Waals surface area contributed by atoms with E-state index in [2.05, 4.69) is 0 Å². The van der Waals surface area contributed by atoms with Crippen molar-refractivity contribution in [2.45, 2.75) is 12.8 Å². The summed E-state index contributed by atoms with van der Waals surface area (Å²) in [5, 5.41) is 28.6. The SMILES string of the molecule is O=Cc1cc([N+](=O)[O-])cc(CCC(=O)O)c1O. The zero-order chi connectivity index (χ0) is 13.0. The number of aromatic hydroxyl groups is 1. The molecule has 7 nitrogen and oxygen atoms in total. The van der Waals surface area contributed by atoms with Gasteiger partial charge in [-0.2, -0.15) is 0 Å². The van der Waals surface area contributed by atoms with E-state index in [-0.39, 0.29) is 35.9 Å². The molecule has 17 heavy (non-hydrogen) atoms. The number of nitro groups is 1. The van der Waals surface area contributed by atoms with E-state index in [0.717, 1.165) is 12.1 Å². The van der Waals surface area contributed by atoms with Crippen molar-refractivity contribution >= 4 is 17.9 Å². The number of carboxylic acid groups (broad SMARTS) is 1. The van der Waals surface area contributed by atoms with Crippen LogP contribution in [0, 0.1) is 10.1 Å². The second-order valence-electron chi connectivity index (χ2n) is 3.31. The number of nitro benzene ring substituents is 1. The van der Waals surface area contributed by atoms with Crippen LogP contribution in [0.25, 0.3) is 0 Å². The van der Waals surface area contributed by atoms with Gasteiger partial charge in [0.2, 0.25) is 0 Å². The molecule has 0 aliphatic carbocycles. The van der Waals surface area contributed by atoms with Crippen LogP contribution in [0.3, 0.4) is 0 Å². The lowest BCUT2D eigenvalue weighted by Gasteiger charge is -2.05. The van der Waals surface area contributed by atoms with Gasteiger partial charge in [-0.25, -0.2) is 0 Å². The number of aliphatic carboxylic acids is 1. The first kappa shape index (κ1) is 12.6. The third-order valence-corrected chi connectivity index (χ3v) is 2.15. The molecule has 0 heterocycles. The van der Waals surface area contributed by atoms with Crippen LogP contribution in [-0.4, -0.2) is 27.4 Å². The molecule has 0 aromatic heterocycles. The molecular formula is C10H9NO6. The lowest BCUT2D eigenvalue weighted by Crippen LogP contribution is -2.00. The summed E-state index contributed by atoms with van der Waals surface area (Å²) in [6, 6.07) is 2.00. The fourth-order valence-corrected chi connectivity index (χ4v) is 1.33. The quantitative estimate of drug-likeness (QED) is 0.451. The molecule has 0 saturated carbocycles. The molecule has 1 aromatic rings. The maximum atomic E-state index is 10.6. The van der Waals surface area contributed by atoms with Crippen molar-refractivity contribution < 1.29 is 24.7 Å². The van der Waals surface area contributed by atoms with E-state index in [1.165, 1.54) is 0 Å². The maximum Gasteiger partial charge on any atom is 0.303 e. The van der Waals surface area contributed by atoms with Gasteiger partial charge in [-0.15, -0.1) is 0 Å². The van der Waals surface area contributed by atoms with Crippen LogP contribution in [0.2, 0.25) is 0 Å². The summed E-state index contributed by atoms with van der Waals surface area (Å²) in [7, 11) is 0. The number of aryl methyl sites for hydroxylation is 1. The van der Waals surface area contributed by atoms with Gasteiger partial charge in [0.25, 0.3) is 5.69 Å². The van der Waals surface area contributed by atoms with E-state index < -0.39 is 16.6 Å². The number of phenols is 1. The van der Waals surface area contributed by atoms with Gasteiger partial charge in [0.15, 0.2) is 6.29 Å². The van der Waals surface area contributed by atoms with E-state index in [0.29, 0.717) is 0 Å². The summed E-state index contributed by atoms with van der Waals surface area (Å²) >= 11 is 0. The summed E-state index contributed by atoms with van der Waals surface area (Å²) in [5.41, 5.74) is -0.506. The zero-order valence-corrected chi connectivity index (χ0v) is 8.62. The number of nitrogens with zero attached hydrogens (tertiary/aromatic N) is 1. The number of hydrogen-bond acceptors (Lipinski definition) is 5. The smallest absolute Gasteiger partial charge is 0.303 e. The third kappa shape index (κ3) is 3.00. The number of hydrogen-bond donors (Lipinski definition) is 2. The van der Waals surface area contributed by atoms with Gasteiger partial charge in [-0.3, -0.25) is 19.7 Å². The molecule has 7 heteroatoms. The van der Waals surface area contributed by atoms with Crippen LogP contribution >= 0.6 is 0 Å². The average Bonchev–Trinajstić information content (AvgIpc) is 2.27. The number of benzene rings is 1. The van der Waals surface area contributed by atoms with Crippen LogP contribution < -0.4 is 0 Å². The highest BCUT2D eigenvalue weighted by atomic mass is 16.6. The fourth-order valence-electron chi connectivity index (χ4n) is 1.33. The molecular weight excluding hydrogens is 230 g/mol. The molecule has 0 aliphatic heterocycles. The molecule has 0 atom stereocenters. The molecule has 1 aromatic carbocycles. The first-order valence-corrected chi connectivity index (χ1v) is 4.63. The Hall–Kier alpha value is -2.44. The van der Waals surface area contributed by atoms with Crippen LogP contribution in [0.5, 0.6) is 5.75 Å². The number of aldehydes is 1. The Kier molecular flexibility index (Phi) is 3.76. The molecule has 0 spiro atoms. The van der Waals surface area contributed by atoms with Crippen molar-refractivity contribution in [3.63, 3.8) is 0 Å².